The maximum Gasteiger partial charge on any atom is 0.277 e. The van der Waals surface area contributed by atoms with Crippen molar-refractivity contribution in [2.75, 3.05) is 13.7 Å². The molecule has 0 spiro atoms. The first kappa shape index (κ1) is 19.2. The lowest BCUT2D eigenvalue weighted by atomic mass is 10.1. The van der Waals surface area contributed by atoms with Crippen LogP contribution in [0.2, 0.25) is 0 Å². The Hall–Kier alpha value is -2.09. The monoisotopic (exact) mass is 452 g/mol. The Morgan fingerprint density at radius 1 is 1.20 bits per heavy atom. The van der Waals surface area contributed by atoms with Gasteiger partial charge >= 0.3 is 0 Å². The minimum atomic E-state index is -0.309. The molecule has 25 heavy (non-hydrogen) atoms. The van der Waals surface area contributed by atoms with Crippen LogP contribution in [-0.4, -0.2) is 25.3 Å². The van der Waals surface area contributed by atoms with E-state index in [4.69, 9.17) is 9.47 Å². The molecule has 5 nitrogen and oxygen atoms in total. The van der Waals surface area contributed by atoms with Gasteiger partial charge in [-0.3, -0.25) is 4.79 Å². The third-order valence-electron chi connectivity index (χ3n) is 3.63. The highest BCUT2D eigenvalue weighted by molar-refractivity contribution is 14.1. The van der Waals surface area contributed by atoms with Crippen LogP contribution in [0.4, 0.5) is 0 Å². The number of benzene rings is 2. The lowest BCUT2D eigenvalue weighted by molar-refractivity contribution is -0.123. The largest absolute Gasteiger partial charge is 0.497 e. The van der Waals surface area contributed by atoms with Crippen molar-refractivity contribution in [2.45, 2.75) is 20.3 Å². The van der Waals surface area contributed by atoms with Crippen molar-refractivity contribution in [3.05, 3.63) is 57.2 Å². The molecule has 1 amide bonds. The summed E-state index contributed by atoms with van der Waals surface area (Å²) in [6, 6.07) is 13.5. The Kier molecular flexibility index (Phi) is 7.24. The normalized spacial score (nSPS) is 11.1. The van der Waals surface area contributed by atoms with Gasteiger partial charge in [0.2, 0.25) is 0 Å². The first-order valence-corrected chi connectivity index (χ1v) is 9.00. The molecule has 1 N–H and O–H groups in total. The number of carbonyl (C=O) groups excluding carboxylic acids is 1. The Morgan fingerprint density at radius 3 is 2.52 bits per heavy atom. The van der Waals surface area contributed by atoms with Gasteiger partial charge in [-0.1, -0.05) is 31.2 Å². The Bertz CT molecular complexity index is 758. The van der Waals surface area contributed by atoms with Gasteiger partial charge in [-0.05, 0) is 65.3 Å². The van der Waals surface area contributed by atoms with Crippen LogP contribution in [0.3, 0.4) is 0 Å². The smallest absolute Gasteiger partial charge is 0.277 e. The minimum absolute atomic E-state index is 0.103. The van der Waals surface area contributed by atoms with E-state index in [0.29, 0.717) is 5.75 Å². The van der Waals surface area contributed by atoms with Gasteiger partial charge in [0.15, 0.2) is 6.61 Å². The fraction of sp³-hybridized carbons (Fsp3) is 0.263. The molecule has 2 aromatic rings. The van der Waals surface area contributed by atoms with Crippen LogP contribution in [0, 0.1) is 3.57 Å². The summed E-state index contributed by atoms with van der Waals surface area (Å²) in [5.41, 5.74) is 5.51. The number of methoxy groups -OCH3 is 1. The summed E-state index contributed by atoms with van der Waals surface area (Å²) >= 11 is 2.14. The van der Waals surface area contributed by atoms with Crippen LogP contribution in [-0.2, 0) is 11.2 Å². The summed E-state index contributed by atoms with van der Waals surface area (Å²) in [5, 5.41) is 4.13. The molecule has 2 aromatic carbocycles. The zero-order chi connectivity index (χ0) is 18.2. The van der Waals surface area contributed by atoms with E-state index in [1.54, 1.807) is 19.2 Å². The Morgan fingerprint density at radius 2 is 1.92 bits per heavy atom. The fourth-order valence-corrected chi connectivity index (χ4v) is 2.74. The molecule has 132 valence electrons. The van der Waals surface area contributed by atoms with Crippen molar-refractivity contribution in [3.63, 3.8) is 0 Å². The van der Waals surface area contributed by atoms with Crippen molar-refractivity contribution < 1.29 is 14.3 Å². The zero-order valence-electron chi connectivity index (χ0n) is 14.5. The number of amides is 1. The van der Waals surface area contributed by atoms with Crippen LogP contribution < -0.4 is 14.9 Å². The van der Waals surface area contributed by atoms with E-state index < -0.39 is 0 Å². The predicted molar refractivity (Wildman–Crippen MR) is 107 cm³/mol. The third kappa shape index (κ3) is 5.74. The van der Waals surface area contributed by atoms with Gasteiger partial charge in [0, 0.05) is 0 Å². The first-order chi connectivity index (χ1) is 12.0. The molecule has 0 heterocycles. The number of nitrogens with zero attached hydrogens (tertiary/aromatic N) is 1. The number of ether oxygens (including phenoxy) is 2. The second kappa shape index (κ2) is 9.41. The van der Waals surface area contributed by atoms with Crippen LogP contribution in [0.5, 0.6) is 11.5 Å². The van der Waals surface area contributed by atoms with E-state index in [2.05, 4.69) is 52.2 Å². The van der Waals surface area contributed by atoms with E-state index >= 15 is 0 Å². The van der Waals surface area contributed by atoms with E-state index in [1.807, 2.05) is 25.1 Å². The molecule has 0 aliphatic rings. The van der Waals surface area contributed by atoms with Gasteiger partial charge in [-0.15, -0.1) is 0 Å². The summed E-state index contributed by atoms with van der Waals surface area (Å²) in [4.78, 5) is 11.9. The van der Waals surface area contributed by atoms with Gasteiger partial charge in [0.1, 0.15) is 11.5 Å². The van der Waals surface area contributed by atoms with Crippen molar-refractivity contribution >= 4 is 34.2 Å². The molecule has 2 rings (SSSR count). The topological polar surface area (TPSA) is 59.9 Å². The Labute approximate surface area is 161 Å². The number of hydrazone groups is 1. The van der Waals surface area contributed by atoms with Crippen molar-refractivity contribution in [1.29, 1.82) is 0 Å². The molecule has 0 unspecified atom stereocenters. The first-order valence-electron chi connectivity index (χ1n) is 7.92. The van der Waals surface area contributed by atoms with Crippen LogP contribution in [0.15, 0.2) is 47.6 Å². The summed E-state index contributed by atoms with van der Waals surface area (Å²) in [5.74, 6) is 1.07. The van der Waals surface area contributed by atoms with Gasteiger partial charge < -0.3 is 9.47 Å². The van der Waals surface area contributed by atoms with E-state index in [-0.39, 0.29) is 12.5 Å². The number of carbonyl (C=O) groups is 1. The number of nitrogens with one attached hydrogen (secondary N) is 1. The SMILES string of the molecule is CCc1ccc(/C(C)=N/NC(=O)COc2ccc(OC)cc2I)cc1. The maximum absolute atomic E-state index is 11.9. The molecule has 0 aromatic heterocycles. The molecular formula is C19H21IN2O3. The van der Waals surface area contributed by atoms with Crippen molar-refractivity contribution in [3.8, 4) is 11.5 Å². The van der Waals surface area contributed by atoms with Crippen LogP contribution in [0.25, 0.3) is 0 Å². The van der Waals surface area contributed by atoms with Crippen LogP contribution in [0.1, 0.15) is 25.0 Å². The predicted octanol–water partition coefficient (Wildman–Crippen LogP) is 3.78. The summed E-state index contributed by atoms with van der Waals surface area (Å²) in [7, 11) is 1.61. The lowest BCUT2D eigenvalue weighted by Crippen LogP contribution is -2.25. The summed E-state index contributed by atoms with van der Waals surface area (Å²) in [6.45, 7) is 3.86. The van der Waals surface area contributed by atoms with E-state index in [0.717, 1.165) is 27.0 Å². The van der Waals surface area contributed by atoms with Crippen LogP contribution >= 0.6 is 22.6 Å². The van der Waals surface area contributed by atoms with Gasteiger partial charge in [-0.2, -0.15) is 5.10 Å². The molecule has 0 saturated carbocycles. The molecule has 0 bridgehead atoms. The highest BCUT2D eigenvalue weighted by Gasteiger charge is 2.07. The summed E-state index contributed by atoms with van der Waals surface area (Å²) in [6.07, 6.45) is 0.995. The molecule has 0 saturated heterocycles. The highest BCUT2D eigenvalue weighted by Crippen LogP contribution is 2.25. The third-order valence-corrected chi connectivity index (χ3v) is 4.47. The average molecular weight is 452 g/mol. The molecule has 0 radical (unpaired) electrons. The molecule has 0 aliphatic heterocycles. The second-order valence-electron chi connectivity index (χ2n) is 5.37. The quantitative estimate of drug-likeness (QED) is 0.395. The Balaban J connectivity index is 1.89. The zero-order valence-corrected chi connectivity index (χ0v) is 16.7. The fourth-order valence-electron chi connectivity index (χ4n) is 2.09. The molecule has 6 heteroatoms. The van der Waals surface area contributed by atoms with Gasteiger partial charge in [0.05, 0.1) is 16.4 Å². The van der Waals surface area contributed by atoms with Crippen molar-refractivity contribution in [2.24, 2.45) is 5.10 Å². The molecule has 0 fully saturated rings. The molecule has 0 aliphatic carbocycles. The second-order valence-corrected chi connectivity index (χ2v) is 6.53. The van der Waals surface area contributed by atoms with Crippen molar-refractivity contribution in [1.82, 2.24) is 5.43 Å². The molecule has 0 atom stereocenters. The number of hydrogen-bond acceptors (Lipinski definition) is 4. The number of halogens is 1. The number of rotatable bonds is 7. The average Bonchev–Trinajstić information content (AvgIpc) is 2.65. The highest BCUT2D eigenvalue weighted by atomic mass is 127. The number of hydrogen-bond donors (Lipinski definition) is 1. The van der Waals surface area contributed by atoms with E-state index in [1.165, 1.54) is 5.56 Å². The lowest BCUT2D eigenvalue weighted by Gasteiger charge is -2.09. The summed E-state index contributed by atoms with van der Waals surface area (Å²) < 4.78 is 11.5. The van der Waals surface area contributed by atoms with E-state index in [9.17, 15) is 4.79 Å². The van der Waals surface area contributed by atoms with Gasteiger partial charge in [-0.25, -0.2) is 5.43 Å². The standard InChI is InChI=1S/C19H21IN2O3/c1-4-14-5-7-15(8-6-14)13(2)21-22-19(23)12-25-18-10-9-16(24-3)11-17(18)20/h5-11H,4,12H2,1-3H3,(H,22,23)/b21-13+. The number of aryl methyl sites for hydroxylation is 1. The maximum atomic E-state index is 11.9. The molecular weight excluding hydrogens is 431 g/mol. The minimum Gasteiger partial charge on any atom is -0.497 e. The van der Waals surface area contributed by atoms with Gasteiger partial charge in [0.25, 0.3) is 5.91 Å².